The van der Waals surface area contributed by atoms with Crippen LogP contribution in [0.5, 0.6) is 0 Å². The summed E-state index contributed by atoms with van der Waals surface area (Å²) >= 11 is 0. The van der Waals surface area contributed by atoms with Crippen molar-refractivity contribution in [2.24, 2.45) is 0 Å². The highest BCUT2D eigenvalue weighted by atomic mass is 16.3. The van der Waals surface area contributed by atoms with Gasteiger partial charge in [-0.3, -0.25) is 4.79 Å². The molecule has 0 aromatic rings. The van der Waals surface area contributed by atoms with Crippen molar-refractivity contribution in [3.05, 3.63) is 0 Å². The normalized spacial score (nSPS) is 40.1. The third-order valence-electron chi connectivity index (χ3n) is 3.21. The minimum atomic E-state index is -0.806. The van der Waals surface area contributed by atoms with E-state index >= 15 is 0 Å². The van der Waals surface area contributed by atoms with Crippen molar-refractivity contribution in [3.8, 4) is 0 Å². The number of piperazine rings is 1. The van der Waals surface area contributed by atoms with Gasteiger partial charge in [-0.05, 0) is 6.92 Å². The smallest absolute Gasteiger partial charge is 0.241 e. The lowest BCUT2D eigenvalue weighted by Gasteiger charge is -2.30. The molecule has 16 heavy (non-hydrogen) atoms. The first-order valence-corrected chi connectivity index (χ1v) is 5.69. The maximum absolute atomic E-state index is 12.0. The van der Waals surface area contributed by atoms with E-state index in [4.69, 9.17) is 0 Å². The molecule has 0 aromatic carbocycles. The SMILES string of the molecule is CC1CNC(C(=O)N2CC(O)C(O)C2)CN1. The first kappa shape index (κ1) is 11.8. The number of likely N-dealkylation sites (tertiary alicyclic amines) is 1. The molecule has 2 aliphatic rings. The van der Waals surface area contributed by atoms with E-state index in [1.807, 2.05) is 0 Å². The number of carbonyl (C=O) groups is 1. The zero-order valence-electron chi connectivity index (χ0n) is 9.39. The topological polar surface area (TPSA) is 84.8 Å². The summed E-state index contributed by atoms with van der Waals surface area (Å²) < 4.78 is 0. The molecule has 6 heteroatoms. The number of amides is 1. The Labute approximate surface area is 94.6 Å². The van der Waals surface area contributed by atoms with Gasteiger partial charge in [0.1, 0.15) is 0 Å². The molecule has 4 N–H and O–H groups in total. The highest BCUT2D eigenvalue weighted by Gasteiger charge is 2.36. The summed E-state index contributed by atoms with van der Waals surface area (Å²) in [6.07, 6.45) is -1.61. The van der Waals surface area contributed by atoms with Gasteiger partial charge in [0.05, 0.1) is 18.2 Å². The molecule has 0 aromatic heterocycles. The third kappa shape index (κ3) is 2.35. The van der Waals surface area contributed by atoms with Gasteiger partial charge in [0.25, 0.3) is 0 Å². The van der Waals surface area contributed by atoms with Crippen LogP contribution in [0.4, 0.5) is 0 Å². The van der Waals surface area contributed by atoms with Crippen LogP contribution < -0.4 is 10.6 Å². The standard InChI is InChI=1S/C10H19N3O3/c1-6-2-12-7(3-11-6)10(16)13-4-8(14)9(15)5-13/h6-9,11-12,14-15H,2-5H2,1H3. The first-order valence-electron chi connectivity index (χ1n) is 5.69. The van der Waals surface area contributed by atoms with Crippen LogP contribution in [0.3, 0.4) is 0 Å². The first-order chi connectivity index (χ1) is 7.58. The average Bonchev–Trinajstić information content (AvgIpc) is 2.59. The number of aliphatic hydroxyl groups is 2. The van der Waals surface area contributed by atoms with Crippen molar-refractivity contribution in [1.29, 1.82) is 0 Å². The lowest BCUT2D eigenvalue weighted by Crippen LogP contribution is -2.59. The minimum absolute atomic E-state index is 0.0463. The van der Waals surface area contributed by atoms with E-state index in [0.717, 1.165) is 6.54 Å². The van der Waals surface area contributed by atoms with Gasteiger partial charge < -0.3 is 25.7 Å². The van der Waals surface area contributed by atoms with Gasteiger partial charge in [-0.2, -0.15) is 0 Å². The van der Waals surface area contributed by atoms with E-state index in [-0.39, 0.29) is 25.0 Å². The summed E-state index contributed by atoms with van der Waals surface area (Å²) in [5, 5.41) is 25.1. The summed E-state index contributed by atoms with van der Waals surface area (Å²) in [4.78, 5) is 13.5. The van der Waals surface area contributed by atoms with E-state index < -0.39 is 12.2 Å². The van der Waals surface area contributed by atoms with Crippen LogP contribution in [0.25, 0.3) is 0 Å². The quantitative estimate of drug-likeness (QED) is 0.399. The molecule has 0 radical (unpaired) electrons. The molecule has 2 fully saturated rings. The summed E-state index contributed by atoms with van der Waals surface area (Å²) in [6.45, 7) is 3.87. The van der Waals surface area contributed by atoms with Gasteiger partial charge in [0.2, 0.25) is 5.91 Å². The zero-order chi connectivity index (χ0) is 11.7. The Bertz CT molecular complexity index is 256. The molecular formula is C10H19N3O3. The Morgan fingerprint density at radius 2 is 1.81 bits per heavy atom. The Morgan fingerprint density at radius 1 is 1.19 bits per heavy atom. The second kappa shape index (κ2) is 4.67. The molecule has 6 nitrogen and oxygen atoms in total. The highest BCUT2D eigenvalue weighted by Crippen LogP contribution is 2.11. The highest BCUT2D eigenvalue weighted by molar-refractivity contribution is 5.82. The van der Waals surface area contributed by atoms with E-state index in [0.29, 0.717) is 12.6 Å². The van der Waals surface area contributed by atoms with E-state index in [1.54, 1.807) is 0 Å². The van der Waals surface area contributed by atoms with Gasteiger partial charge >= 0.3 is 0 Å². The van der Waals surface area contributed by atoms with E-state index in [9.17, 15) is 15.0 Å². The fourth-order valence-corrected chi connectivity index (χ4v) is 2.13. The number of rotatable bonds is 1. The molecule has 0 aliphatic carbocycles. The van der Waals surface area contributed by atoms with Gasteiger partial charge in [-0.25, -0.2) is 0 Å². The zero-order valence-corrected chi connectivity index (χ0v) is 9.39. The van der Waals surface area contributed by atoms with Crippen molar-refractivity contribution in [2.75, 3.05) is 26.2 Å². The third-order valence-corrected chi connectivity index (χ3v) is 3.21. The molecule has 0 bridgehead atoms. The minimum Gasteiger partial charge on any atom is -0.388 e. The van der Waals surface area contributed by atoms with Gasteiger partial charge in [-0.1, -0.05) is 0 Å². The molecule has 2 heterocycles. The Kier molecular flexibility index (Phi) is 3.44. The maximum Gasteiger partial charge on any atom is 0.241 e. The van der Waals surface area contributed by atoms with Crippen LogP contribution >= 0.6 is 0 Å². The maximum atomic E-state index is 12.0. The number of nitrogens with zero attached hydrogens (tertiary/aromatic N) is 1. The number of hydrogen-bond donors (Lipinski definition) is 4. The number of aliphatic hydroxyl groups excluding tert-OH is 2. The van der Waals surface area contributed by atoms with Crippen molar-refractivity contribution in [2.45, 2.75) is 31.2 Å². The Hall–Kier alpha value is -0.690. The monoisotopic (exact) mass is 229 g/mol. The largest absolute Gasteiger partial charge is 0.388 e. The predicted molar refractivity (Wildman–Crippen MR) is 57.8 cm³/mol. The van der Waals surface area contributed by atoms with E-state index in [2.05, 4.69) is 17.6 Å². The molecule has 2 aliphatic heterocycles. The summed E-state index contributed by atoms with van der Waals surface area (Å²) in [5.41, 5.74) is 0. The second-order valence-corrected chi connectivity index (χ2v) is 4.65. The predicted octanol–water partition coefficient (Wildman–Crippen LogP) is -2.50. The van der Waals surface area contributed by atoms with Crippen LogP contribution in [0, 0.1) is 0 Å². The van der Waals surface area contributed by atoms with Gasteiger partial charge in [0.15, 0.2) is 0 Å². The lowest BCUT2D eigenvalue weighted by atomic mass is 10.1. The van der Waals surface area contributed by atoms with Crippen molar-refractivity contribution < 1.29 is 15.0 Å². The van der Waals surface area contributed by atoms with Crippen LogP contribution in [-0.4, -0.2) is 71.5 Å². The number of nitrogens with one attached hydrogen (secondary N) is 2. The molecule has 2 rings (SSSR count). The molecule has 92 valence electrons. The molecule has 4 unspecified atom stereocenters. The van der Waals surface area contributed by atoms with Crippen LogP contribution in [0.1, 0.15) is 6.92 Å². The Balaban J connectivity index is 1.88. The Morgan fingerprint density at radius 3 is 2.31 bits per heavy atom. The molecule has 2 saturated heterocycles. The summed E-state index contributed by atoms with van der Waals surface area (Å²) in [6, 6.07) is 0.132. The summed E-state index contributed by atoms with van der Waals surface area (Å²) in [7, 11) is 0. The molecule has 0 spiro atoms. The molecule has 1 amide bonds. The fourth-order valence-electron chi connectivity index (χ4n) is 2.13. The van der Waals surface area contributed by atoms with Crippen LogP contribution in [-0.2, 0) is 4.79 Å². The van der Waals surface area contributed by atoms with Crippen molar-refractivity contribution >= 4 is 5.91 Å². The van der Waals surface area contributed by atoms with Crippen LogP contribution in [0.2, 0.25) is 0 Å². The number of hydrogen-bond acceptors (Lipinski definition) is 5. The number of β-amino-alcohol motifs (C(OH)–C–C–N with tert-alkyl or cyclic N) is 2. The number of carbonyl (C=O) groups excluding carboxylic acids is 1. The van der Waals surface area contributed by atoms with E-state index in [1.165, 1.54) is 4.90 Å². The fraction of sp³-hybridized carbons (Fsp3) is 0.900. The van der Waals surface area contributed by atoms with Gasteiger partial charge in [-0.15, -0.1) is 0 Å². The molecule has 4 atom stereocenters. The summed E-state index contributed by atoms with van der Waals surface area (Å²) in [5.74, 6) is -0.0463. The lowest BCUT2D eigenvalue weighted by molar-refractivity contribution is -0.133. The van der Waals surface area contributed by atoms with Crippen LogP contribution in [0.15, 0.2) is 0 Å². The molecular weight excluding hydrogens is 210 g/mol. The average molecular weight is 229 g/mol. The van der Waals surface area contributed by atoms with Crippen molar-refractivity contribution in [3.63, 3.8) is 0 Å². The second-order valence-electron chi connectivity index (χ2n) is 4.65. The molecule has 0 saturated carbocycles. The van der Waals surface area contributed by atoms with Crippen molar-refractivity contribution in [1.82, 2.24) is 15.5 Å². The van der Waals surface area contributed by atoms with Gasteiger partial charge in [0, 0.05) is 32.2 Å².